The van der Waals surface area contributed by atoms with Gasteiger partial charge in [-0.15, -0.1) is 0 Å². The molecule has 92 valence electrons. The topological polar surface area (TPSA) is 59.9 Å². The minimum absolute atomic E-state index is 0.554. The van der Waals surface area contributed by atoms with Gasteiger partial charge in [0.15, 0.2) is 0 Å². The van der Waals surface area contributed by atoms with E-state index < -0.39 is 6.09 Å². The van der Waals surface area contributed by atoms with Crippen molar-refractivity contribution in [2.45, 2.75) is 13.8 Å². The third-order valence-corrected chi connectivity index (χ3v) is 2.41. The second kappa shape index (κ2) is 6.24. The van der Waals surface area contributed by atoms with Crippen LogP contribution in [0, 0.1) is 0 Å². The molecule has 0 spiro atoms. The number of benzene rings is 1. The van der Waals surface area contributed by atoms with Gasteiger partial charge in [0.05, 0.1) is 18.5 Å². The third kappa shape index (κ3) is 4.44. The average Bonchev–Trinajstić information content (AvgIpc) is 2.29. The number of anilines is 1. The average molecular weight is 301 g/mol. The Kier molecular flexibility index (Phi) is 4.96. The first kappa shape index (κ1) is 13.5. The second-order valence-electron chi connectivity index (χ2n) is 3.39. The van der Waals surface area contributed by atoms with Gasteiger partial charge in [-0.25, -0.2) is 4.79 Å². The lowest BCUT2D eigenvalue weighted by atomic mass is 10.3. The zero-order chi connectivity index (χ0) is 12.8. The van der Waals surface area contributed by atoms with E-state index in [0.717, 1.165) is 4.47 Å². The molecule has 0 aliphatic rings. The Hall–Kier alpha value is -1.56. The van der Waals surface area contributed by atoms with Crippen LogP contribution in [0.5, 0.6) is 5.75 Å². The Morgan fingerprint density at radius 1 is 1.41 bits per heavy atom. The van der Waals surface area contributed by atoms with Gasteiger partial charge in [0, 0.05) is 10.5 Å². The molecule has 0 aromatic heterocycles. The fraction of sp³-hybridized carbons (Fsp3) is 0.273. The van der Waals surface area contributed by atoms with E-state index in [1.54, 1.807) is 39.2 Å². The van der Waals surface area contributed by atoms with E-state index >= 15 is 0 Å². The van der Waals surface area contributed by atoms with E-state index in [0.29, 0.717) is 17.1 Å². The van der Waals surface area contributed by atoms with Crippen molar-refractivity contribution in [1.82, 2.24) is 0 Å². The molecular weight excluding hydrogens is 288 g/mol. The molecule has 17 heavy (non-hydrogen) atoms. The number of carbonyl (C=O) groups is 1. The molecule has 1 rings (SSSR count). The van der Waals surface area contributed by atoms with Crippen molar-refractivity contribution in [2.75, 3.05) is 12.4 Å². The van der Waals surface area contributed by atoms with Crippen molar-refractivity contribution >= 4 is 33.4 Å². The van der Waals surface area contributed by atoms with Gasteiger partial charge < -0.3 is 4.74 Å². The standard InChI is InChI=1S/C11H13BrN2O3/c1-7(2)14-17-11(15)13-10-6-8(16-3)4-5-9(10)12/h4-6H,1-3H3,(H,13,15). The van der Waals surface area contributed by atoms with E-state index in [9.17, 15) is 4.79 Å². The molecule has 1 amide bonds. The normalized spacial score (nSPS) is 9.41. The molecule has 1 N–H and O–H groups in total. The van der Waals surface area contributed by atoms with Crippen LogP contribution in [0.2, 0.25) is 0 Å². The Labute approximate surface area is 108 Å². The number of hydrogen-bond acceptors (Lipinski definition) is 4. The largest absolute Gasteiger partial charge is 0.497 e. The van der Waals surface area contributed by atoms with Crippen LogP contribution in [-0.2, 0) is 4.84 Å². The van der Waals surface area contributed by atoms with Crippen molar-refractivity contribution in [2.24, 2.45) is 5.16 Å². The van der Waals surface area contributed by atoms with E-state index in [-0.39, 0.29) is 0 Å². The molecule has 0 aliphatic carbocycles. The zero-order valence-electron chi connectivity index (χ0n) is 9.78. The summed E-state index contributed by atoms with van der Waals surface area (Å²) in [6.45, 7) is 3.46. The zero-order valence-corrected chi connectivity index (χ0v) is 11.4. The number of amides is 1. The summed E-state index contributed by atoms with van der Waals surface area (Å²) < 4.78 is 5.78. The third-order valence-electron chi connectivity index (χ3n) is 1.72. The maximum absolute atomic E-state index is 11.4. The lowest BCUT2D eigenvalue weighted by molar-refractivity contribution is 0.166. The van der Waals surface area contributed by atoms with Crippen molar-refractivity contribution in [3.8, 4) is 5.75 Å². The first-order valence-corrected chi connectivity index (χ1v) is 5.65. The number of ether oxygens (including phenoxy) is 1. The van der Waals surface area contributed by atoms with Gasteiger partial charge in [-0.1, -0.05) is 5.16 Å². The Morgan fingerprint density at radius 3 is 2.71 bits per heavy atom. The molecule has 1 aromatic carbocycles. The van der Waals surface area contributed by atoms with Crippen molar-refractivity contribution in [1.29, 1.82) is 0 Å². The van der Waals surface area contributed by atoms with Gasteiger partial charge in [0.1, 0.15) is 5.75 Å². The highest BCUT2D eigenvalue weighted by molar-refractivity contribution is 9.10. The minimum atomic E-state index is -0.653. The van der Waals surface area contributed by atoms with Gasteiger partial charge in [-0.2, -0.15) is 0 Å². The molecule has 0 atom stereocenters. The van der Waals surface area contributed by atoms with E-state index in [1.807, 2.05) is 0 Å². The van der Waals surface area contributed by atoms with Gasteiger partial charge in [-0.3, -0.25) is 10.2 Å². The van der Waals surface area contributed by atoms with Crippen LogP contribution < -0.4 is 10.1 Å². The molecular formula is C11H13BrN2O3. The molecule has 0 bridgehead atoms. The number of nitrogens with zero attached hydrogens (tertiary/aromatic N) is 1. The predicted octanol–water partition coefficient (Wildman–Crippen LogP) is 3.40. The number of oxime groups is 1. The van der Waals surface area contributed by atoms with Crippen molar-refractivity contribution in [3.63, 3.8) is 0 Å². The lowest BCUT2D eigenvalue weighted by Gasteiger charge is -2.07. The SMILES string of the molecule is COc1ccc(Br)c(NC(=O)ON=C(C)C)c1. The molecule has 6 heteroatoms. The summed E-state index contributed by atoms with van der Waals surface area (Å²) in [4.78, 5) is 16.0. The van der Waals surface area contributed by atoms with Crippen molar-refractivity contribution < 1.29 is 14.4 Å². The number of halogens is 1. The summed E-state index contributed by atoms with van der Waals surface area (Å²) in [5, 5.41) is 6.10. The maximum atomic E-state index is 11.4. The monoisotopic (exact) mass is 300 g/mol. The summed E-state index contributed by atoms with van der Waals surface area (Å²) in [7, 11) is 1.55. The smallest absolute Gasteiger partial charge is 0.437 e. The maximum Gasteiger partial charge on any atom is 0.437 e. The summed E-state index contributed by atoms with van der Waals surface area (Å²) >= 11 is 3.31. The number of methoxy groups -OCH3 is 1. The van der Waals surface area contributed by atoms with Crippen molar-refractivity contribution in [3.05, 3.63) is 22.7 Å². The number of nitrogens with one attached hydrogen (secondary N) is 1. The molecule has 0 fully saturated rings. The summed E-state index contributed by atoms with van der Waals surface area (Å²) in [5.74, 6) is 0.638. The molecule has 0 heterocycles. The molecule has 0 radical (unpaired) electrons. The number of carbonyl (C=O) groups excluding carboxylic acids is 1. The molecule has 1 aromatic rings. The fourth-order valence-electron chi connectivity index (χ4n) is 0.993. The Morgan fingerprint density at radius 2 is 2.12 bits per heavy atom. The highest BCUT2D eigenvalue weighted by Crippen LogP contribution is 2.27. The van der Waals surface area contributed by atoms with Crippen LogP contribution in [0.15, 0.2) is 27.8 Å². The van der Waals surface area contributed by atoms with Crippen LogP contribution in [0.3, 0.4) is 0 Å². The first-order valence-electron chi connectivity index (χ1n) is 4.85. The Bertz CT molecular complexity index is 442. The molecule has 0 aliphatic heterocycles. The minimum Gasteiger partial charge on any atom is -0.497 e. The second-order valence-corrected chi connectivity index (χ2v) is 4.24. The summed E-state index contributed by atoms with van der Waals surface area (Å²) in [6.07, 6.45) is -0.653. The van der Waals surface area contributed by atoms with Gasteiger partial charge >= 0.3 is 6.09 Å². The van der Waals surface area contributed by atoms with Gasteiger partial charge in [0.2, 0.25) is 0 Å². The fourth-order valence-corrected chi connectivity index (χ4v) is 1.34. The number of rotatable bonds is 3. The van der Waals surface area contributed by atoms with E-state index in [1.165, 1.54) is 0 Å². The molecule has 0 saturated heterocycles. The predicted molar refractivity (Wildman–Crippen MR) is 69.6 cm³/mol. The van der Waals surface area contributed by atoms with Crippen LogP contribution in [0.4, 0.5) is 10.5 Å². The lowest BCUT2D eigenvalue weighted by Crippen LogP contribution is -2.11. The number of hydrogen-bond donors (Lipinski definition) is 1. The summed E-state index contributed by atoms with van der Waals surface area (Å²) in [6, 6.07) is 5.21. The first-order chi connectivity index (χ1) is 8.02. The molecule has 0 unspecified atom stereocenters. The quantitative estimate of drug-likeness (QED) is 0.529. The van der Waals surface area contributed by atoms with Crippen LogP contribution >= 0.6 is 15.9 Å². The van der Waals surface area contributed by atoms with Gasteiger partial charge in [-0.05, 0) is 41.9 Å². The van der Waals surface area contributed by atoms with Crippen LogP contribution in [0.25, 0.3) is 0 Å². The Balaban J connectivity index is 2.73. The van der Waals surface area contributed by atoms with Gasteiger partial charge in [0.25, 0.3) is 0 Å². The van der Waals surface area contributed by atoms with Crippen LogP contribution in [-0.4, -0.2) is 18.9 Å². The van der Waals surface area contributed by atoms with Crippen LogP contribution in [0.1, 0.15) is 13.8 Å². The van der Waals surface area contributed by atoms with E-state index in [2.05, 4.69) is 31.2 Å². The summed E-state index contributed by atoms with van der Waals surface area (Å²) in [5.41, 5.74) is 1.21. The molecule has 5 nitrogen and oxygen atoms in total. The molecule has 0 saturated carbocycles. The van der Waals surface area contributed by atoms with E-state index in [4.69, 9.17) is 4.74 Å². The highest BCUT2D eigenvalue weighted by atomic mass is 79.9. The highest BCUT2D eigenvalue weighted by Gasteiger charge is 2.07.